The summed E-state index contributed by atoms with van der Waals surface area (Å²) in [6.45, 7) is 7.98. The number of para-hydroxylation sites is 1. The van der Waals surface area contributed by atoms with Crippen molar-refractivity contribution in [1.29, 1.82) is 0 Å². The fourth-order valence-electron chi connectivity index (χ4n) is 2.05. The van der Waals surface area contributed by atoms with Crippen LogP contribution in [0, 0.1) is 11.8 Å². The largest absolute Gasteiger partial charge is 0.354 e. The molecule has 0 aliphatic heterocycles. The fourth-order valence-corrected chi connectivity index (χ4v) is 2.05. The number of nitrogens with one attached hydrogen (secondary N) is 4. The van der Waals surface area contributed by atoms with Gasteiger partial charge in [-0.2, -0.15) is 0 Å². The third-order valence-electron chi connectivity index (χ3n) is 3.52. The van der Waals surface area contributed by atoms with E-state index in [1.807, 2.05) is 32.0 Å². The lowest BCUT2D eigenvalue weighted by Crippen LogP contribution is -2.52. The zero-order valence-electron chi connectivity index (χ0n) is 15.3. The molecule has 4 amide bonds. The number of anilines is 1. The highest BCUT2D eigenvalue weighted by Gasteiger charge is 2.23. The van der Waals surface area contributed by atoms with Crippen LogP contribution >= 0.6 is 0 Å². The fraction of sp³-hybridized carbons (Fsp3) is 0.500. The zero-order valence-corrected chi connectivity index (χ0v) is 15.3. The number of urea groups is 1. The molecule has 1 aromatic carbocycles. The summed E-state index contributed by atoms with van der Waals surface area (Å²) in [6.07, 6.45) is 0. The van der Waals surface area contributed by atoms with Crippen LogP contribution in [0.1, 0.15) is 27.7 Å². The van der Waals surface area contributed by atoms with Crippen molar-refractivity contribution in [3.63, 3.8) is 0 Å². The quantitative estimate of drug-likeness (QED) is 0.538. The number of carbonyl (C=O) groups is 3. The lowest BCUT2D eigenvalue weighted by atomic mass is 10.0. The van der Waals surface area contributed by atoms with Gasteiger partial charge in [-0.3, -0.25) is 9.59 Å². The average molecular weight is 348 g/mol. The molecule has 1 unspecified atom stereocenters. The summed E-state index contributed by atoms with van der Waals surface area (Å²) in [7, 11) is 0. The summed E-state index contributed by atoms with van der Waals surface area (Å²) in [5, 5.41) is 10.8. The lowest BCUT2D eigenvalue weighted by molar-refractivity contribution is -0.125. The molecule has 0 aromatic heterocycles. The summed E-state index contributed by atoms with van der Waals surface area (Å²) in [5.41, 5.74) is 0.652. The molecule has 0 saturated heterocycles. The van der Waals surface area contributed by atoms with Crippen molar-refractivity contribution in [3.05, 3.63) is 30.3 Å². The Kier molecular flexibility index (Phi) is 8.46. The van der Waals surface area contributed by atoms with Crippen molar-refractivity contribution in [2.45, 2.75) is 33.7 Å². The Morgan fingerprint density at radius 1 is 0.880 bits per heavy atom. The highest BCUT2D eigenvalue weighted by Crippen LogP contribution is 2.06. The molecule has 1 atom stereocenters. The first-order chi connectivity index (χ1) is 11.8. The number of hydrogen-bond donors (Lipinski definition) is 4. The van der Waals surface area contributed by atoms with Gasteiger partial charge in [-0.1, -0.05) is 45.9 Å². The molecule has 0 heterocycles. The molecule has 0 aliphatic carbocycles. The van der Waals surface area contributed by atoms with E-state index in [-0.39, 0.29) is 23.7 Å². The average Bonchev–Trinajstić information content (AvgIpc) is 2.56. The van der Waals surface area contributed by atoms with Crippen molar-refractivity contribution in [2.75, 3.05) is 18.4 Å². The molecule has 1 rings (SSSR count). The Morgan fingerprint density at radius 3 is 1.96 bits per heavy atom. The van der Waals surface area contributed by atoms with Crippen LogP contribution in [-0.4, -0.2) is 37.0 Å². The second kappa shape index (κ2) is 10.3. The van der Waals surface area contributed by atoms with Gasteiger partial charge in [-0.25, -0.2) is 4.79 Å². The van der Waals surface area contributed by atoms with Gasteiger partial charge in [0.25, 0.3) is 0 Å². The Morgan fingerprint density at radius 2 is 1.44 bits per heavy atom. The Bertz CT molecular complexity index is 573. The monoisotopic (exact) mass is 348 g/mol. The van der Waals surface area contributed by atoms with E-state index in [2.05, 4.69) is 21.3 Å². The predicted molar refractivity (Wildman–Crippen MR) is 98.1 cm³/mol. The highest BCUT2D eigenvalue weighted by atomic mass is 16.2. The number of amides is 4. The molecular weight excluding hydrogens is 320 g/mol. The first kappa shape index (κ1) is 20.5. The SMILES string of the molecule is CC(C)C(=O)NCCNC(=O)C(NC(=O)Nc1ccccc1)C(C)C. The van der Waals surface area contributed by atoms with Gasteiger partial charge in [0.05, 0.1) is 0 Å². The number of hydrogen-bond acceptors (Lipinski definition) is 3. The van der Waals surface area contributed by atoms with E-state index in [4.69, 9.17) is 0 Å². The molecule has 0 spiro atoms. The maximum absolute atomic E-state index is 12.3. The molecule has 25 heavy (non-hydrogen) atoms. The molecule has 0 fully saturated rings. The van der Waals surface area contributed by atoms with Crippen molar-refractivity contribution in [3.8, 4) is 0 Å². The zero-order chi connectivity index (χ0) is 18.8. The van der Waals surface area contributed by atoms with Gasteiger partial charge in [-0.15, -0.1) is 0 Å². The summed E-state index contributed by atoms with van der Waals surface area (Å²) in [5.74, 6) is -0.513. The highest BCUT2D eigenvalue weighted by molar-refractivity contribution is 5.93. The number of benzene rings is 1. The van der Waals surface area contributed by atoms with Gasteiger partial charge in [0.15, 0.2) is 0 Å². The third-order valence-corrected chi connectivity index (χ3v) is 3.52. The molecule has 138 valence electrons. The summed E-state index contributed by atoms with van der Waals surface area (Å²) >= 11 is 0. The van der Waals surface area contributed by atoms with Gasteiger partial charge in [-0.05, 0) is 18.1 Å². The minimum absolute atomic E-state index is 0.0602. The molecular formula is C18H28N4O3. The maximum Gasteiger partial charge on any atom is 0.319 e. The predicted octanol–water partition coefficient (Wildman–Crippen LogP) is 1.72. The lowest BCUT2D eigenvalue weighted by Gasteiger charge is -2.22. The van der Waals surface area contributed by atoms with E-state index < -0.39 is 12.1 Å². The van der Waals surface area contributed by atoms with E-state index >= 15 is 0 Å². The van der Waals surface area contributed by atoms with E-state index in [9.17, 15) is 14.4 Å². The van der Waals surface area contributed by atoms with Gasteiger partial charge >= 0.3 is 6.03 Å². The Balaban J connectivity index is 2.45. The van der Waals surface area contributed by atoms with Crippen LogP contribution in [0.15, 0.2) is 30.3 Å². The molecule has 1 aromatic rings. The van der Waals surface area contributed by atoms with Crippen molar-refractivity contribution in [2.24, 2.45) is 11.8 Å². The van der Waals surface area contributed by atoms with E-state index in [1.165, 1.54) is 0 Å². The second-order valence-corrected chi connectivity index (χ2v) is 6.42. The molecule has 0 saturated carbocycles. The van der Waals surface area contributed by atoms with Crippen LogP contribution in [-0.2, 0) is 9.59 Å². The van der Waals surface area contributed by atoms with Crippen LogP contribution in [0.5, 0.6) is 0 Å². The summed E-state index contributed by atoms with van der Waals surface area (Å²) in [6, 6.07) is 7.91. The normalized spacial score (nSPS) is 11.8. The molecule has 0 bridgehead atoms. The van der Waals surface area contributed by atoms with E-state index in [1.54, 1.807) is 26.0 Å². The third kappa shape index (κ3) is 7.69. The first-order valence-electron chi connectivity index (χ1n) is 8.49. The van der Waals surface area contributed by atoms with Gasteiger partial charge in [0.2, 0.25) is 11.8 Å². The van der Waals surface area contributed by atoms with Gasteiger partial charge in [0, 0.05) is 24.7 Å². The van der Waals surface area contributed by atoms with Crippen molar-refractivity contribution in [1.82, 2.24) is 16.0 Å². The minimum Gasteiger partial charge on any atom is -0.354 e. The number of carbonyl (C=O) groups excluding carboxylic acids is 3. The first-order valence-corrected chi connectivity index (χ1v) is 8.49. The Labute approximate surface area is 148 Å². The van der Waals surface area contributed by atoms with Crippen LogP contribution in [0.3, 0.4) is 0 Å². The smallest absolute Gasteiger partial charge is 0.319 e. The topological polar surface area (TPSA) is 99.3 Å². The van der Waals surface area contributed by atoms with Crippen molar-refractivity contribution >= 4 is 23.5 Å². The van der Waals surface area contributed by atoms with Crippen LogP contribution < -0.4 is 21.3 Å². The standard InChI is InChI=1S/C18H28N4O3/c1-12(2)15(17(24)20-11-10-19-16(23)13(3)4)22-18(25)21-14-8-6-5-7-9-14/h5-9,12-13,15H,10-11H2,1-4H3,(H,19,23)(H,20,24)(H2,21,22,25). The molecule has 0 aliphatic rings. The molecule has 4 N–H and O–H groups in total. The van der Waals surface area contributed by atoms with Gasteiger partial charge < -0.3 is 21.3 Å². The van der Waals surface area contributed by atoms with E-state index in [0.29, 0.717) is 18.8 Å². The molecule has 0 radical (unpaired) electrons. The Hall–Kier alpha value is -2.57. The summed E-state index contributed by atoms with van der Waals surface area (Å²) < 4.78 is 0. The van der Waals surface area contributed by atoms with Crippen LogP contribution in [0.2, 0.25) is 0 Å². The summed E-state index contributed by atoms with van der Waals surface area (Å²) in [4.78, 5) is 35.8. The van der Waals surface area contributed by atoms with Crippen molar-refractivity contribution < 1.29 is 14.4 Å². The number of rotatable bonds is 8. The molecule has 7 nitrogen and oxygen atoms in total. The van der Waals surface area contributed by atoms with Gasteiger partial charge in [0.1, 0.15) is 6.04 Å². The van der Waals surface area contributed by atoms with Crippen LogP contribution in [0.4, 0.5) is 10.5 Å². The molecule has 7 heteroatoms. The van der Waals surface area contributed by atoms with E-state index in [0.717, 1.165) is 0 Å². The second-order valence-electron chi connectivity index (χ2n) is 6.42. The minimum atomic E-state index is -0.662. The van der Waals surface area contributed by atoms with Crippen LogP contribution in [0.25, 0.3) is 0 Å². The maximum atomic E-state index is 12.3.